The van der Waals surface area contributed by atoms with Crippen molar-refractivity contribution in [3.05, 3.63) is 29.0 Å². The van der Waals surface area contributed by atoms with Gasteiger partial charge in [0, 0.05) is 11.3 Å². The minimum absolute atomic E-state index is 0.0474. The monoisotopic (exact) mass is 349 g/mol. The number of anilines is 1. The number of aromatic hydroxyl groups is 1. The van der Waals surface area contributed by atoms with Gasteiger partial charge in [-0.15, -0.1) is 11.8 Å². The second-order valence-corrected chi connectivity index (χ2v) is 6.98. The van der Waals surface area contributed by atoms with Crippen LogP contribution in [0.3, 0.4) is 0 Å². The summed E-state index contributed by atoms with van der Waals surface area (Å²) < 4.78 is 10.5. The number of aryl methyl sites for hydroxylation is 1. The lowest BCUT2D eigenvalue weighted by atomic mass is 10.0. The van der Waals surface area contributed by atoms with Gasteiger partial charge in [0.15, 0.2) is 17.3 Å². The summed E-state index contributed by atoms with van der Waals surface area (Å²) in [7, 11) is 2.97. The van der Waals surface area contributed by atoms with Gasteiger partial charge in [-0.1, -0.05) is 0 Å². The fraction of sp³-hybridized carbons (Fsp3) is 0.375. The van der Waals surface area contributed by atoms with E-state index in [1.807, 2.05) is 13.8 Å². The number of ether oxygens (including phenoxy) is 2. The highest BCUT2D eigenvalue weighted by Gasteiger charge is 2.33. The summed E-state index contributed by atoms with van der Waals surface area (Å²) in [6.07, 6.45) is 0. The first-order valence-electron chi connectivity index (χ1n) is 7.42. The lowest BCUT2D eigenvalue weighted by Crippen LogP contribution is -2.21. The average molecular weight is 349 g/mol. The zero-order chi connectivity index (χ0) is 17.4. The fourth-order valence-corrected chi connectivity index (χ4v) is 4.03. The minimum Gasteiger partial charge on any atom is -0.502 e. The quantitative estimate of drug-likeness (QED) is 0.788. The number of carbonyl (C=O) groups is 1. The van der Waals surface area contributed by atoms with E-state index in [1.165, 1.54) is 26.0 Å². The van der Waals surface area contributed by atoms with Gasteiger partial charge in [-0.2, -0.15) is 5.10 Å². The molecule has 0 saturated carbocycles. The van der Waals surface area contributed by atoms with Crippen LogP contribution in [0.4, 0.5) is 5.82 Å². The number of aromatic nitrogens is 2. The van der Waals surface area contributed by atoms with E-state index >= 15 is 0 Å². The third-order valence-corrected chi connectivity index (χ3v) is 5.42. The van der Waals surface area contributed by atoms with Crippen LogP contribution in [0.5, 0.6) is 17.2 Å². The molecule has 0 spiro atoms. The third kappa shape index (κ3) is 2.66. The molecule has 128 valence electrons. The molecule has 1 aliphatic heterocycles. The lowest BCUT2D eigenvalue weighted by molar-refractivity contribution is -0.115. The molecule has 2 aromatic rings. The number of methoxy groups -OCH3 is 2. The highest BCUT2D eigenvalue weighted by atomic mass is 32.2. The van der Waals surface area contributed by atoms with Crippen molar-refractivity contribution in [3.63, 3.8) is 0 Å². The molecule has 0 saturated heterocycles. The summed E-state index contributed by atoms with van der Waals surface area (Å²) in [5, 5.41) is 19.7. The summed E-state index contributed by atoms with van der Waals surface area (Å²) >= 11 is 1.51. The molecule has 0 unspecified atom stereocenters. The van der Waals surface area contributed by atoms with Gasteiger partial charge in [0.2, 0.25) is 11.7 Å². The second kappa shape index (κ2) is 6.27. The number of nitrogens with one attached hydrogen (secondary N) is 2. The maximum atomic E-state index is 12.2. The van der Waals surface area contributed by atoms with Crippen molar-refractivity contribution >= 4 is 23.5 Å². The Hall–Kier alpha value is -2.35. The zero-order valence-corrected chi connectivity index (χ0v) is 14.7. The van der Waals surface area contributed by atoms with Crippen LogP contribution in [0.2, 0.25) is 0 Å². The van der Waals surface area contributed by atoms with Crippen LogP contribution in [0.25, 0.3) is 0 Å². The number of hydrogen-bond acceptors (Lipinski definition) is 6. The topological polar surface area (TPSA) is 96.5 Å². The molecule has 1 aromatic carbocycles. The molecule has 3 N–H and O–H groups in total. The molecule has 2 heterocycles. The van der Waals surface area contributed by atoms with Gasteiger partial charge >= 0.3 is 0 Å². The Balaban J connectivity index is 2.17. The number of rotatable bonds is 3. The Labute approximate surface area is 143 Å². The number of phenols is 1. The summed E-state index contributed by atoms with van der Waals surface area (Å²) in [6.45, 7) is 3.77. The van der Waals surface area contributed by atoms with Crippen molar-refractivity contribution in [2.75, 3.05) is 19.5 Å². The van der Waals surface area contributed by atoms with Crippen LogP contribution < -0.4 is 14.8 Å². The molecule has 0 fully saturated rings. The summed E-state index contributed by atoms with van der Waals surface area (Å²) in [5.74, 6) is 1.04. The standard InChI is InChI=1S/C16H19N3O4S/c1-7-12-14(24-8(2)16(21)17-15(12)19-18-7)9-5-10(22-3)13(20)11(6-9)23-4/h5-6,8,14,20H,1-4H3,(H2,17,18,19,21)/t8-,14-/m0/s1. The molecule has 1 aliphatic rings. The molecule has 2 atom stereocenters. The van der Waals surface area contributed by atoms with Crippen LogP contribution in [0.15, 0.2) is 12.1 Å². The molecule has 8 heteroatoms. The molecule has 0 aliphatic carbocycles. The van der Waals surface area contributed by atoms with Gasteiger partial charge in [-0.25, -0.2) is 0 Å². The van der Waals surface area contributed by atoms with E-state index in [-0.39, 0.29) is 22.2 Å². The summed E-state index contributed by atoms with van der Waals surface area (Å²) in [4.78, 5) is 12.2. The van der Waals surface area contributed by atoms with E-state index in [2.05, 4.69) is 15.5 Å². The third-order valence-electron chi connectivity index (χ3n) is 4.01. The smallest absolute Gasteiger partial charge is 0.238 e. The van der Waals surface area contributed by atoms with Gasteiger partial charge in [0.25, 0.3) is 0 Å². The largest absolute Gasteiger partial charge is 0.502 e. The minimum atomic E-state index is -0.255. The van der Waals surface area contributed by atoms with Gasteiger partial charge in [-0.05, 0) is 31.5 Å². The number of benzene rings is 1. The summed E-state index contributed by atoms with van der Waals surface area (Å²) in [5.41, 5.74) is 2.65. The van der Waals surface area contributed by atoms with Crippen molar-refractivity contribution < 1.29 is 19.4 Å². The number of nitrogens with zero attached hydrogens (tertiary/aromatic N) is 1. The number of carbonyl (C=O) groups excluding carboxylic acids is 1. The normalized spacial score (nSPS) is 20.1. The van der Waals surface area contributed by atoms with Crippen LogP contribution in [-0.2, 0) is 4.79 Å². The molecule has 1 aromatic heterocycles. The van der Waals surface area contributed by atoms with Crippen LogP contribution in [0, 0.1) is 6.92 Å². The Morgan fingerprint density at radius 1 is 1.25 bits per heavy atom. The zero-order valence-electron chi connectivity index (χ0n) is 13.8. The van der Waals surface area contributed by atoms with E-state index in [4.69, 9.17) is 9.47 Å². The number of thioether (sulfide) groups is 1. The van der Waals surface area contributed by atoms with Crippen molar-refractivity contribution in [2.24, 2.45) is 0 Å². The molecule has 1 amide bonds. The Morgan fingerprint density at radius 3 is 2.46 bits per heavy atom. The van der Waals surface area contributed by atoms with Crippen molar-refractivity contribution in [3.8, 4) is 17.2 Å². The van der Waals surface area contributed by atoms with E-state index in [0.29, 0.717) is 17.3 Å². The maximum Gasteiger partial charge on any atom is 0.238 e. The molecule has 3 rings (SSSR count). The van der Waals surface area contributed by atoms with Crippen molar-refractivity contribution in [1.82, 2.24) is 10.2 Å². The number of aromatic amines is 1. The molecule has 0 bridgehead atoms. The predicted octanol–water partition coefficient (Wildman–Crippen LogP) is 2.60. The van der Waals surface area contributed by atoms with Crippen molar-refractivity contribution in [1.29, 1.82) is 0 Å². The van der Waals surface area contributed by atoms with Gasteiger partial charge in [0.05, 0.1) is 24.7 Å². The molecule has 7 nitrogen and oxygen atoms in total. The number of amides is 1. The highest BCUT2D eigenvalue weighted by molar-refractivity contribution is 8.01. The van der Waals surface area contributed by atoms with E-state index in [0.717, 1.165) is 16.8 Å². The Kier molecular flexibility index (Phi) is 4.31. The Morgan fingerprint density at radius 2 is 1.88 bits per heavy atom. The maximum absolute atomic E-state index is 12.2. The average Bonchev–Trinajstić information content (AvgIpc) is 2.86. The molecule has 24 heavy (non-hydrogen) atoms. The first kappa shape index (κ1) is 16.5. The Bertz CT molecular complexity index is 765. The number of H-pyrrole nitrogens is 1. The van der Waals surface area contributed by atoms with Gasteiger partial charge < -0.3 is 19.9 Å². The van der Waals surface area contributed by atoms with E-state index < -0.39 is 0 Å². The molecule has 0 radical (unpaired) electrons. The molecular formula is C16H19N3O4S. The van der Waals surface area contributed by atoms with Gasteiger partial charge in [-0.3, -0.25) is 9.89 Å². The first-order chi connectivity index (χ1) is 11.5. The second-order valence-electron chi connectivity index (χ2n) is 5.53. The van der Waals surface area contributed by atoms with Crippen molar-refractivity contribution in [2.45, 2.75) is 24.3 Å². The fourth-order valence-electron chi connectivity index (χ4n) is 2.72. The van der Waals surface area contributed by atoms with Crippen LogP contribution in [0.1, 0.15) is 29.0 Å². The van der Waals surface area contributed by atoms with E-state index in [1.54, 1.807) is 12.1 Å². The predicted molar refractivity (Wildman–Crippen MR) is 92.1 cm³/mol. The van der Waals surface area contributed by atoms with E-state index in [9.17, 15) is 9.90 Å². The number of phenolic OH excluding ortho intramolecular Hbond substituents is 1. The van der Waals surface area contributed by atoms with Gasteiger partial charge in [0.1, 0.15) is 0 Å². The SMILES string of the molecule is COc1cc([C@@H]2S[C@@H](C)C(=O)Nc3n[nH]c(C)c32)cc(OC)c1O. The highest BCUT2D eigenvalue weighted by Crippen LogP contribution is 2.48. The lowest BCUT2D eigenvalue weighted by Gasteiger charge is -2.20. The first-order valence-corrected chi connectivity index (χ1v) is 8.36. The number of hydrogen-bond donors (Lipinski definition) is 3. The summed E-state index contributed by atoms with van der Waals surface area (Å²) in [6, 6.07) is 3.52. The number of fused-ring (bicyclic) bond motifs is 1. The van der Waals surface area contributed by atoms with Crippen LogP contribution in [-0.4, -0.2) is 40.7 Å². The van der Waals surface area contributed by atoms with Crippen LogP contribution >= 0.6 is 11.8 Å². The molecular weight excluding hydrogens is 330 g/mol.